The molecule has 3 rings (SSSR count). The van der Waals surface area contributed by atoms with E-state index in [9.17, 15) is 4.79 Å². The average Bonchev–Trinajstić information content (AvgIpc) is 2.49. The van der Waals surface area contributed by atoms with Gasteiger partial charge in [0.15, 0.2) is 0 Å². The number of nitrogens with two attached hydrogens (primary N) is 2. The monoisotopic (exact) mass is 297 g/mol. The van der Waals surface area contributed by atoms with Crippen LogP contribution in [0.5, 0.6) is 11.5 Å². The predicted octanol–water partition coefficient (Wildman–Crippen LogP) is 1.62. The molecule has 1 aromatic heterocycles. The largest absolute Gasteiger partial charge is 0.456 e. The molecule has 1 aromatic carbocycles. The van der Waals surface area contributed by atoms with Gasteiger partial charge in [0.05, 0.1) is 12.2 Å². The lowest BCUT2D eigenvalue weighted by Crippen LogP contribution is -2.53. The number of carbonyl (C=O) groups excluding carboxylic acids is 1. The summed E-state index contributed by atoms with van der Waals surface area (Å²) in [7, 11) is 0. The molecular weight excluding hydrogens is 282 g/mol. The Bertz CT molecular complexity index is 732. The number of fused-ring (bicyclic) bond motifs is 1. The molecule has 112 valence electrons. The van der Waals surface area contributed by atoms with Crippen LogP contribution in [0.2, 0.25) is 0 Å². The van der Waals surface area contributed by atoms with E-state index in [0.717, 1.165) is 10.5 Å². The number of nitrogens with one attached hydrogen (secondary N) is 1. The van der Waals surface area contributed by atoms with E-state index in [4.69, 9.17) is 21.6 Å². The number of ether oxygens (including phenoxy) is 1. The third-order valence-corrected chi connectivity index (χ3v) is 3.36. The third kappa shape index (κ3) is 2.49. The van der Waals surface area contributed by atoms with Crippen LogP contribution in [-0.4, -0.2) is 22.9 Å². The van der Waals surface area contributed by atoms with Crippen LogP contribution >= 0.6 is 0 Å². The molecule has 1 aliphatic rings. The summed E-state index contributed by atoms with van der Waals surface area (Å²) in [6.07, 6.45) is 1.89. The van der Waals surface area contributed by atoms with Gasteiger partial charge >= 0.3 is 6.03 Å². The summed E-state index contributed by atoms with van der Waals surface area (Å²) in [6, 6.07) is 9.68. The van der Waals surface area contributed by atoms with Crippen molar-refractivity contribution in [2.75, 3.05) is 4.90 Å². The fourth-order valence-electron chi connectivity index (χ4n) is 2.35. The topological polar surface area (TPSA) is 118 Å². The quantitative estimate of drug-likeness (QED) is 0.780. The maximum atomic E-state index is 11.5. The number of aromatic nitrogens is 1. The van der Waals surface area contributed by atoms with E-state index in [2.05, 4.69) is 4.98 Å². The summed E-state index contributed by atoms with van der Waals surface area (Å²) in [5.74, 6) is 1.50. The Labute approximate surface area is 127 Å². The predicted molar refractivity (Wildman–Crippen MR) is 82.2 cm³/mol. The van der Waals surface area contributed by atoms with Crippen molar-refractivity contribution in [1.82, 2.24) is 4.98 Å². The summed E-state index contributed by atoms with van der Waals surface area (Å²) in [5, 5.41) is 7.88. The van der Waals surface area contributed by atoms with E-state index < -0.39 is 12.1 Å². The Balaban J connectivity index is 1.95. The van der Waals surface area contributed by atoms with Crippen molar-refractivity contribution in [2.24, 2.45) is 11.5 Å². The number of benzene rings is 1. The summed E-state index contributed by atoms with van der Waals surface area (Å²) in [5.41, 5.74) is 11.9. The van der Waals surface area contributed by atoms with Crippen LogP contribution in [0.4, 0.5) is 10.6 Å². The Morgan fingerprint density at radius 1 is 1.32 bits per heavy atom. The molecule has 2 amide bonds. The molecule has 1 atom stereocenters. The normalized spacial score (nSPS) is 17.0. The van der Waals surface area contributed by atoms with Gasteiger partial charge in [-0.05, 0) is 24.6 Å². The van der Waals surface area contributed by atoms with Gasteiger partial charge in [-0.3, -0.25) is 5.41 Å². The van der Waals surface area contributed by atoms with E-state index in [1.807, 2.05) is 30.3 Å². The second kappa shape index (κ2) is 5.45. The maximum absolute atomic E-state index is 11.5. The minimum absolute atomic E-state index is 0.0516. The maximum Gasteiger partial charge on any atom is 0.326 e. The molecule has 1 aliphatic heterocycles. The van der Waals surface area contributed by atoms with Gasteiger partial charge in [0.2, 0.25) is 0 Å². The Hall–Kier alpha value is -2.93. The third-order valence-electron chi connectivity index (χ3n) is 3.36. The number of hydrogen-bond donors (Lipinski definition) is 3. The highest BCUT2D eigenvalue weighted by molar-refractivity contribution is 6.17. The lowest BCUT2D eigenvalue weighted by atomic mass is 10.0. The van der Waals surface area contributed by atoms with Crippen molar-refractivity contribution >= 4 is 17.7 Å². The fourth-order valence-corrected chi connectivity index (χ4v) is 2.35. The number of pyridine rings is 1. The Morgan fingerprint density at radius 2 is 2.05 bits per heavy atom. The molecule has 0 radical (unpaired) electrons. The first-order valence-corrected chi connectivity index (χ1v) is 6.71. The van der Waals surface area contributed by atoms with Crippen molar-refractivity contribution in [2.45, 2.75) is 12.5 Å². The molecule has 2 heterocycles. The number of nitrogens with zero attached hydrogens (tertiary/aromatic N) is 2. The number of amidine groups is 1. The number of urea groups is 1. The zero-order valence-electron chi connectivity index (χ0n) is 11.7. The molecule has 5 N–H and O–H groups in total. The van der Waals surface area contributed by atoms with E-state index in [-0.39, 0.29) is 5.84 Å². The molecule has 0 fully saturated rings. The minimum atomic E-state index is -0.773. The number of hydrogen-bond acceptors (Lipinski definition) is 5. The second-order valence-corrected chi connectivity index (χ2v) is 4.94. The summed E-state index contributed by atoms with van der Waals surface area (Å²) in [4.78, 5) is 16.8. The summed E-state index contributed by atoms with van der Waals surface area (Å²) >= 11 is 0. The zero-order valence-corrected chi connectivity index (χ0v) is 11.7. The number of primary amides is 1. The first-order valence-electron chi connectivity index (χ1n) is 6.71. The van der Waals surface area contributed by atoms with Crippen molar-refractivity contribution in [3.8, 4) is 11.5 Å². The van der Waals surface area contributed by atoms with Crippen LogP contribution in [0, 0.1) is 5.41 Å². The van der Waals surface area contributed by atoms with E-state index in [0.29, 0.717) is 23.7 Å². The average molecular weight is 297 g/mol. The molecule has 0 bridgehead atoms. The van der Waals surface area contributed by atoms with E-state index in [1.54, 1.807) is 6.07 Å². The van der Waals surface area contributed by atoms with Crippen molar-refractivity contribution in [3.05, 3.63) is 48.2 Å². The number of amides is 2. The van der Waals surface area contributed by atoms with Crippen LogP contribution < -0.4 is 21.1 Å². The van der Waals surface area contributed by atoms with Crippen LogP contribution in [0.15, 0.2) is 42.6 Å². The highest BCUT2D eigenvalue weighted by Gasteiger charge is 2.32. The smallest absolute Gasteiger partial charge is 0.326 e. The molecule has 1 unspecified atom stereocenters. The Morgan fingerprint density at radius 3 is 2.73 bits per heavy atom. The highest BCUT2D eigenvalue weighted by Crippen LogP contribution is 2.30. The van der Waals surface area contributed by atoms with Gasteiger partial charge in [-0.1, -0.05) is 18.2 Å². The molecule has 0 saturated heterocycles. The molecule has 0 aliphatic carbocycles. The minimum Gasteiger partial charge on any atom is -0.456 e. The van der Waals surface area contributed by atoms with Crippen molar-refractivity contribution in [3.63, 3.8) is 0 Å². The molecule has 7 heteroatoms. The fraction of sp³-hybridized carbons (Fsp3) is 0.133. The van der Waals surface area contributed by atoms with Gasteiger partial charge in [-0.2, -0.15) is 0 Å². The van der Waals surface area contributed by atoms with Gasteiger partial charge in [-0.15, -0.1) is 0 Å². The van der Waals surface area contributed by atoms with Crippen LogP contribution in [0.25, 0.3) is 0 Å². The molecule has 0 spiro atoms. The molecule has 0 saturated carbocycles. The summed E-state index contributed by atoms with van der Waals surface area (Å²) < 4.78 is 5.71. The SMILES string of the molecule is N=C1C(N)Cc2cc(Oc3ccccc3)cnc2N1C(N)=O. The lowest BCUT2D eigenvalue weighted by Gasteiger charge is -2.31. The second-order valence-electron chi connectivity index (χ2n) is 4.94. The Kier molecular flexibility index (Phi) is 3.48. The number of rotatable bonds is 2. The standard InChI is InChI=1S/C15H15N5O2/c16-12-7-9-6-11(22-10-4-2-1-3-5-10)8-19-14(9)20(13(12)17)15(18)21/h1-6,8,12,17H,7,16H2,(H2,18,21). The van der Waals surface area contributed by atoms with Gasteiger partial charge in [0.1, 0.15) is 23.2 Å². The molecular formula is C15H15N5O2. The molecule has 2 aromatic rings. The lowest BCUT2D eigenvalue weighted by molar-refractivity contribution is 0.256. The number of para-hydroxylation sites is 1. The first kappa shape index (κ1) is 14.0. The summed E-state index contributed by atoms with van der Waals surface area (Å²) in [6.45, 7) is 0. The van der Waals surface area contributed by atoms with Crippen molar-refractivity contribution in [1.29, 1.82) is 5.41 Å². The van der Waals surface area contributed by atoms with Gasteiger partial charge < -0.3 is 16.2 Å². The molecule has 7 nitrogen and oxygen atoms in total. The number of anilines is 1. The first-order chi connectivity index (χ1) is 10.6. The molecule has 22 heavy (non-hydrogen) atoms. The van der Waals surface area contributed by atoms with Crippen molar-refractivity contribution < 1.29 is 9.53 Å². The van der Waals surface area contributed by atoms with E-state index >= 15 is 0 Å². The van der Waals surface area contributed by atoms with Crippen LogP contribution in [0.1, 0.15) is 5.56 Å². The van der Waals surface area contributed by atoms with E-state index in [1.165, 1.54) is 6.20 Å². The van der Waals surface area contributed by atoms with Crippen LogP contribution in [-0.2, 0) is 6.42 Å². The van der Waals surface area contributed by atoms with Gasteiger partial charge in [0.25, 0.3) is 0 Å². The number of carbonyl (C=O) groups is 1. The van der Waals surface area contributed by atoms with Crippen LogP contribution in [0.3, 0.4) is 0 Å². The van der Waals surface area contributed by atoms with Gasteiger partial charge in [-0.25, -0.2) is 14.7 Å². The zero-order chi connectivity index (χ0) is 15.7. The highest BCUT2D eigenvalue weighted by atomic mass is 16.5. The van der Waals surface area contributed by atoms with Gasteiger partial charge in [0, 0.05) is 5.56 Å².